The molecule has 3 aromatic carbocycles. The van der Waals surface area contributed by atoms with E-state index in [1.807, 2.05) is 6.92 Å². The summed E-state index contributed by atoms with van der Waals surface area (Å²) in [6, 6.07) is 29.1. The van der Waals surface area contributed by atoms with Gasteiger partial charge in [0.05, 0.1) is 6.61 Å². The Hall–Kier alpha value is -2.54. The van der Waals surface area contributed by atoms with Gasteiger partial charge in [0, 0.05) is 0 Å². The third kappa shape index (κ3) is 6.25. The van der Waals surface area contributed by atoms with Crippen molar-refractivity contribution in [3.8, 4) is 5.75 Å². The molecule has 0 spiro atoms. The summed E-state index contributed by atoms with van der Waals surface area (Å²) in [6.07, 6.45) is 9.04. The summed E-state index contributed by atoms with van der Waals surface area (Å²) < 4.78 is 5.59. The Labute approximate surface area is 194 Å². The van der Waals surface area contributed by atoms with Crippen LogP contribution in [0.4, 0.5) is 0 Å². The third-order valence-electron chi connectivity index (χ3n) is 7.28. The van der Waals surface area contributed by atoms with E-state index in [4.69, 9.17) is 4.74 Å². The maximum Gasteiger partial charge on any atom is 0.119 e. The van der Waals surface area contributed by atoms with Crippen LogP contribution < -0.4 is 4.74 Å². The minimum absolute atomic E-state index is 0.563. The highest BCUT2D eigenvalue weighted by molar-refractivity contribution is 5.30. The normalized spacial score (nSPS) is 19.4. The predicted molar refractivity (Wildman–Crippen MR) is 136 cm³/mol. The average molecular weight is 427 g/mol. The predicted octanol–water partition coefficient (Wildman–Crippen LogP) is 8.34. The standard InChI is InChI=1S/C31H38O/c1-3-32-31-21-19-30(20-22-31)29-17-15-26(16-18-29)10-9-25-11-13-27(14-12-25)23-24(2)28-7-5-4-6-8-28/h4-8,11-14,19-22,24,26,29H,3,9-10,15-18,23H2,1-2H3/t24-,26?,29?/m0/s1. The van der Waals surface area contributed by atoms with Crippen LogP contribution in [0.2, 0.25) is 0 Å². The van der Waals surface area contributed by atoms with Gasteiger partial charge in [0.25, 0.3) is 0 Å². The van der Waals surface area contributed by atoms with Gasteiger partial charge in [-0.25, -0.2) is 0 Å². The lowest BCUT2D eigenvalue weighted by atomic mass is 9.77. The summed E-state index contributed by atoms with van der Waals surface area (Å²) in [5.74, 6) is 3.16. The fraction of sp³-hybridized carbons (Fsp3) is 0.419. The SMILES string of the molecule is CCOc1ccc(C2CCC(CCc3ccc(C[C@H](C)c4ccccc4)cc3)CC2)cc1. The molecular weight excluding hydrogens is 388 g/mol. The van der Waals surface area contributed by atoms with Gasteiger partial charge in [0.2, 0.25) is 0 Å². The summed E-state index contributed by atoms with van der Waals surface area (Å²) in [4.78, 5) is 0. The fourth-order valence-electron chi connectivity index (χ4n) is 5.25. The van der Waals surface area contributed by atoms with Crippen LogP contribution in [0, 0.1) is 5.92 Å². The molecule has 0 amide bonds. The van der Waals surface area contributed by atoms with Gasteiger partial charge < -0.3 is 4.74 Å². The Morgan fingerprint density at radius 2 is 1.44 bits per heavy atom. The van der Waals surface area contributed by atoms with E-state index in [0.717, 1.165) is 30.6 Å². The molecule has 4 rings (SSSR count). The highest BCUT2D eigenvalue weighted by Gasteiger charge is 2.22. The lowest BCUT2D eigenvalue weighted by molar-refractivity contribution is 0.310. The molecular formula is C31H38O. The third-order valence-corrected chi connectivity index (χ3v) is 7.28. The quantitative estimate of drug-likeness (QED) is 0.334. The molecule has 1 saturated carbocycles. The number of rotatable bonds is 9. The summed E-state index contributed by atoms with van der Waals surface area (Å²) in [5.41, 5.74) is 5.86. The van der Waals surface area contributed by atoms with Crippen molar-refractivity contribution < 1.29 is 4.74 Å². The minimum atomic E-state index is 0.563. The molecule has 0 bridgehead atoms. The molecule has 1 atom stereocenters. The first-order valence-corrected chi connectivity index (χ1v) is 12.6. The van der Waals surface area contributed by atoms with Crippen molar-refractivity contribution in [3.05, 3.63) is 101 Å². The summed E-state index contributed by atoms with van der Waals surface area (Å²) in [5, 5.41) is 0. The molecule has 1 heteroatoms. The summed E-state index contributed by atoms with van der Waals surface area (Å²) >= 11 is 0. The van der Waals surface area contributed by atoms with Crippen LogP contribution in [0.5, 0.6) is 5.75 Å². The molecule has 0 unspecified atom stereocenters. The first-order valence-electron chi connectivity index (χ1n) is 12.6. The Morgan fingerprint density at radius 1 is 0.781 bits per heavy atom. The van der Waals surface area contributed by atoms with Crippen molar-refractivity contribution in [2.24, 2.45) is 5.92 Å². The molecule has 0 heterocycles. The van der Waals surface area contributed by atoms with E-state index < -0.39 is 0 Å². The van der Waals surface area contributed by atoms with Crippen LogP contribution in [-0.4, -0.2) is 6.61 Å². The Balaban J connectivity index is 1.21. The number of hydrogen-bond acceptors (Lipinski definition) is 1. The second kappa shape index (κ2) is 11.4. The maximum absolute atomic E-state index is 5.59. The van der Waals surface area contributed by atoms with Crippen LogP contribution in [0.15, 0.2) is 78.9 Å². The van der Waals surface area contributed by atoms with Crippen LogP contribution in [0.25, 0.3) is 0 Å². The molecule has 1 fully saturated rings. The highest BCUT2D eigenvalue weighted by atomic mass is 16.5. The number of hydrogen-bond donors (Lipinski definition) is 0. The van der Waals surface area contributed by atoms with Crippen LogP contribution >= 0.6 is 0 Å². The van der Waals surface area contributed by atoms with Gasteiger partial charge in [-0.2, -0.15) is 0 Å². The fourth-order valence-corrected chi connectivity index (χ4v) is 5.25. The Morgan fingerprint density at radius 3 is 2.09 bits per heavy atom. The van der Waals surface area contributed by atoms with Crippen molar-refractivity contribution in [3.63, 3.8) is 0 Å². The van der Waals surface area contributed by atoms with E-state index in [-0.39, 0.29) is 0 Å². The monoisotopic (exact) mass is 426 g/mol. The molecule has 3 aromatic rings. The van der Waals surface area contributed by atoms with Crippen molar-refractivity contribution >= 4 is 0 Å². The molecule has 1 nitrogen and oxygen atoms in total. The lowest BCUT2D eigenvalue weighted by Gasteiger charge is -2.29. The lowest BCUT2D eigenvalue weighted by Crippen LogP contribution is -2.14. The first kappa shape index (κ1) is 22.6. The van der Waals surface area contributed by atoms with E-state index >= 15 is 0 Å². The van der Waals surface area contributed by atoms with Crippen LogP contribution in [0.1, 0.15) is 80.0 Å². The average Bonchev–Trinajstić information content (AvgIpc) is 2.85. The zero-order valence-electron chi connectivity index (χ0n) is 19.8. The molecule has 0 radical (unpaired) electrons. The molecule has 32 heavy (non-hydrogen) atoms. The molecule has 0 aromatic heterocycles. The molecule has 1 aliphatic rings. The molecule has 0 aliphatic heterocycles. The van der Waals surface area contributed by atoms with Gasteiger partial charge in [0.15, 0.2) is 0 Å². The van der Waals surface area contributed by atoms with Crippen molar-refractivity contribution in [1.82, 2.24) is 0 Å². The molecule has 168 valence electrons. The maximum atomic E-state index is 5.59. The molecule has 1 aliphatic carbocycles. The van der Waals surface area contributed by atoms with Gasteiger partial charge in [-0.15, -0.1) is 0 Å². The Kier molecular flexibility index (Phi) is 8.04. The van der Waals surface area contributed by atoms with Gasteiger partial charge in [-0.05, 0) is 104 Å². The summed E-state index contributed by atoms with van der Waals surface area (Å²) in [7, 11) is 0. The zero-order valence-corrected chi connectivity index (χ0v) is 19.8. The van der Waals surface area contributed by atoms with E-state index in [1.165, 1.54) is 60.8 Å². The van der Waals surface area contributed by atoms with Gasteiger partial charge in [-0.3, -0.25) is 0 Å². The van der Waals surface area contributed by atoms with E-state index in [2.05, 4.69) is 85.8 Å². The van der Waals surface area contributed by atoms with E-state index in [9.17, 15) is 0 Å². The van der Waals surface area contributed by atoms with Crippen molar-refractivity contribution in [1.29, 1.82) is 0 Å². The summed E-state index contributed by atoms with van der Waals surface area (Å²) in [6.45, 7) is 5.10. The van der Waals surface area contributed by atoms with Gasteiger partial charge >= 0.3 is 0 Å². The second-order valence-corrected chi connectivity index (χ2v) is 9.59. The smallest absolute Gasteiger partial charge is 0.119 e. The van der Waals surface area contributed by atoms with Gasteiger partial charge in [0.1, 0.15) is 5.75 Å². The second-order valence-electron chi connectivity index (χ2n) is 9.59. The van der Waals surface area contributed by atoms with E-state index in [1.54, 1.807) is 0 Å². The number of benzene rings is 3. The van der Waals surface area contributed by atoms with Gasteiger partial charge in [-0.1, -0.05) is 73.7 Å². The molecule has 0 N–H and O–H groups in total. The van der Waals surface area contributed by atoms with Crippen molar-refractivity contribution in [2.75, 3.05) is 6.61 Å². The first-order chi connectivity index (χ1) is 15.7. The topological polar surface area (TPSA) is 9.23 Å². The van der Waals surface area contributed by atoms with E-state index in [0.29, 0.717) is 5.92 Å². The molecule has 0 saturated heterocycles. The van der Waals surface area contributed by atoms with Crippen LogP contribution in [0.3, 0.4) is 0 Å². The minimum Gasteiger partial charge on any atom is -0.494 e. The van der Waals surface area contributed by atoms with Crippen molar-refractivity contribution in [2.45, 2.75) is 70.6 Å². The number of ether oxygens (including phenoxy) is 1. The van der Waals surface area contributed by atoms with Crippen LogP contribution in [-0.2, 0) is 12.8 Å². The zero-order chi connectivity index (χ0) is 22.2. The number of aryl methyl sites for hydroxylation is 1. The Bertz CT molecular complexity index is 918. The highest BCUT2D eigenvalue weighted by Crippen LogP contribution is 2.38. The largest absolute Gasteiger partial charge is 0.494 e.